The third kappa shape index (κ3) is 5.88. The molecular weight excluding hydrogens is 412 g/mol. The fourth-order valence-corrected chi connectivity index (χ4v) is 4.59. The summed E-state index contributed by atoms with van der Waals surface area (Å²) in [5, 5.41) is 12.6. The number of nitrogens with one attached hydrogen (secondary N) is 1. The van der Waals surface area contributed by atoms with Crippen LogP contribution >= 0.6 is 11.6 Å². The molecule has 0 radical (unpaired) electrons. The normalized spacial score (nSPS) is 18.6. The number of carboxylic acids is 1. The Kier molecular flexibility index (Phi) is 6.92. The van der Waals surface area contributed by atoms with Crippen LogP contribution in [0.15, 0.2) is 59.1 Å². The second-order valence-electron chi connectivity index (χ2n) is 8.29. The van der Waals surface area contributed by atoms with Crippen molar-refractivity contribution in [2.45, 2.75) is 50.9 Å². The maximum atomic E-state index is 10.7. The maximum absolute atomic E-state index is 10.7. The van der Waals surface area contributed by atoms with Crippen molar-refractivity contribution in [3.63, 3.8) is 0 Å². The van der Waals surface area contributed by atoms with Crippen molar-refractivity contribution < 1.29 is 14.3 Å². The van der Waals surface area contributed by atoms with Gasteiger partial charge in [0.2, 0.25) is 0 Å². The summed E-state index contributed by atoms with van der Waals surface area (Å²) in [5.74, 6) is 1.29. The van der Waals surface area contributed by atoms with Gasteiger partial charge in [-0.25, -0.2) is 4.98 Å². The van der Waals surface area contributed by atoms with Gasteiger partial charge in [-0.05, 0) is 74.1 Å². The number of carbonyl (C=O) groups is 1. The van der Waals surface area contributed by atoms with Crippen molar-refractivity contribution in [1.29, 1.82) is 0 Å². The second-order valence-corrected chi connectivity index (χ2v) is 8.73. The minimum atomic E-state index is -0.687. The summed E-state index contributed by atoms with van der Waals surface area (Å²) in [6.45, 7) is 0. The Morgan fingerprint density at radius 1 is 1.13 bits per heavy atom. The number of rotatable bonds is 8. The number of hydrogen-bond donors (Lipinski definition) is 2. The number of nitrogens with zero attached hydrogens (tertiary/aromatic N) is 1. The highest BCUT2D eigenvalue weighted by atomic mass is 35.5. The van der Waals surface area contributed by atoms with Crippen molar-refractivity contribution in [2.24, 2.45) is 5.92 Å². The van der Waals surface area contributed by atoms with Crippen LogP contribution in [0.1, 0.15) is 56.4 Å². The molecule has 0 amide bonds. The number of carboxylic acid groups (broad SMARTS) is 1. The molecule has 3 aromatic rings. The fourth-order valence-electron chi connectivity index (χ4n) is 4.40. The molecule has 1 fully saturated rings. The minimum absolute atomic E-state index is 0.291. The zero-order valence-corrected chi connectivity index (χ0v) is 18.1. The van der Waals surface area contributed by atoms with Gasteiger partial charge in [-0.1, -0.05) is 41.9 Å². The molecule has 2 N–H and O–H groups in total. The molecule has 31 heavy (non-hydrogen) atoms. The number of anilines is 2. The molecule has 0 atom stereocenters. The van der Waals surface area contributed by atoms with Gasteiger partial charge in [0.15, 0.2) is 5.76 Å². The molecule has 162 valence electrons. The third-order valence-corrected chi connectivity index (χ3v) is 6.33. The monoisotopic (exact) mass is 438 g/mol. The van der Waals surface area contributed by atoms with Crippen LogP contribution in [-0.2, 0) is 4.79 Å². The van der Waals surface area contributed by atoms with Gasteiger partial charge in [-0.3, -0.25) is 4.79 Å². The van der Waals surface area contributed by atoms with Crippen LogP contribution in [0.25, 0.3) is 11.3 Å². The Balaban J connectivity index is 1.32. The van der Waals surface area contributed by atoms with E-state index in [1.807, 2.05) is 24.3 Å². The van der Waals surface area contributed by atoms with Gasteiger partial charge >= 0.3 is 5.97 Å². The van der Waals surface area contributed by atoms with Crippen LogP contribution in [0.2, 0.25) is 5.02 Å². The molecule has 6 heteroatoms. The largest absolute Gasteiger partial charge is 0.481 e. The van der Waals surface area contributed by atoms with Crippen molar-refractivity contribution in [2.75, 3.05) is 5.32 Å². The summed E-state index contributed by atoms with van der Waals surface area (Å²) < 4.78 is 5.86. The highest BCUT2D eigenvalue weighted by molar-refractivity contribution is 6.30. The number of aromatic nitrogens is 1. The summed E-state index contributed by atoms with van der Waals surface area (Å²) in [7, 11) is 0. The van der Waals surface area contributed by atoms with Crippen molar-refractivity contribution in [1.82, 2.24) is 4.98 Å². The molecule has 0 bridgehead atoms. The van der Waals surface area contributed by atoms with Gasteiger partial charge in [0, 0.05) is 22.7 Å². The van der Waals surface area contributed by atoms with Crippen LogP contribution in [0.3, 0.4) is 0 Å². The van der Waals surface area contributed by atoms with Crippen LogP contribution in [0.5, 0.6) is 0 Å². The highest BCUT2D eigenvalue weighted by Crippen LogP contribution is 2.38. The van der Waals surface area contributed by atoms with Gasteiger partial charge in [0.25, 0.3) is 6.01 Å². The summed E-state index contributed by atoms with van der Waals surface area (Å²) in [4.78, 5) is 15.0. The Morgan fingerprint density at radius 2 is 1.90 bits per heavy atom. The zero-order chi connectivity index (χ0) is 21.6. The standard InChI is InChI=1S/C25H27ClN2O3/c26-21-4-2-5-22(15-21)28-25-27-16-23(31-25)20-13-11-19(12-14-20)18-9-7-17(8-10-18)3-1-6-24(29)30/h2,4-5,11-18H,1,3,6-10H2,(H,27,28)(H,29,30)/t17-,18+. The van der Waals surface area contributed by atoms with Gasteiger partial charge < -0.3 is 14.8 Å². The van der Waals surface area contributed by atoms with Crippen LogP contribution in [0, 0.1) is 5.92 Å². The first kappa shape index (κ1) is 21.4. The molecule has 0 unspecified atom stereocenters. The van der Waals surface area contributed by atoms with E-state index in [-0.39, 0.29) is 0 Å². The lowest BCUT2D eigenvalue weighted by Crippen LogP contribution is -2.13. The highest BCUT2D eigenvalue weighted by Gasteiger charge is 2.22. The molecule has 4 rings (SSSR count). The molecule has 1 aromatic heterocycles. The van der Waals surface area contributed by atoms with Gasteiger partial charge in [-0.15, -0.1) is 0 Å². The zero-order valence-electron chi connectivity index (χ0n) is 17.4. The van der Waals surface area contributed by atoms with Crippen LogP contribution in [-0.4, -0.2) is 16.1 Å². The number of oxazole rings is 1. The molecule has 0 saturated heterocycles. The average Bonchev–Trinajstić information content (AvgIpc) is 3.23. The minimum Gasteiger partial charge on any atom is -0.481 e. The SMILES string of the molecule is O=C(O)CCC[C@H]1CC[C@@H](c2ccc(-c3cnc(Nc4cccc(Cl)c4)o3)cc2)CC1. The fraction of sp³-hybridized carbons (Fsp3) is 0.360. The summed E-state index contributed by atoms with van der Waals surface area (Å²) >= 11 is 6.02. The Morgan fingerprint density at radius 3 is 2.61 bits per heavy atom. The first-order valence-corrected chi connectivity index (χ1v) is 11.2. The first-order valence-electron chi connectivity index (χ1n) is 10.9. The lowest BCUT2D eigenvalue weighted by atomic mass is 9.77. The topological polar surface area (TPSA) is 75.4 Å². The molecule has 1 saturated carbocycles. The van der Waals surface area contributed by atoms with Gasteiger partial charge in [0.1, 0.15) is 0 Å². The van der Waals surface area contributed by atoms with Crippen molar-refractivity contribution in [3.05, 3.63) is 65.3 Å². The maximum Gasteiger partial charge on any atom is 0.303 e. The Bertz CT molecular complexity index is 1010. The van der Waals surface area contributed by atoms with E-state index < -0.39 is 5.97 Å². The summed E-state index contributed by atoms with van der Waals surface area (Å²) in [6, 6.07) is 16.4. The van der Waals surface area contributed by atoms with Crippen LogP contribution in [0.4, 0.5) is 11.7 Å². The number of halogens is 1. The van der Waals surface area contributed by atoms with E-state index in [9.17, 15) is 4.79 Å². The molecule has 1 aliphatic rings. The molecule has 1 heterocycles. The molecule has 0 spiro atoms. The Labute approximate surface area is 187 Å². The number of benzene rings is 2. The summed E-state index contributed by atoms with van der Waals surface area (Å²) in [6.07, 6.45) is 8.57. The van der Waals surface area contributed by atoms with E-state index in [0.717, 1.165) is 29.9 Å². The van der Waals surface area contributed by atoms with Crippen molar-refractivity contribution in [3.8, 4) is 11.3 Å². The predicted molar refractivity (Wildman–Crippen MR) is 123 cm³/mol. The smallest absolute Gasteiger partial charge is 0.303 e. The van der Waals surface area contributed by atoms with Gasteiger partial charge in [0.05, 0.1) is 6.20 Å². The lowest BCUT2D eigenvalue weighted by Gasteiger charge is -2.28. The van der Waals surface area contributed by atoms with E-state index in [4.69, 9.17) is 21.1 Å². The molecule has 0 aliphatic heterocycles. The van der Waals surface area contributed by atoms with E-state index in [1.54, 1.807) is 6.20 Å². The molecular formula is C25H27ClN2O3. The lowest BCUT2D eigenvalue weighted by molar-refractivity contribution is -0.137. The number of hydrogen-bond acceptors (Lipinski definition) is 4. The Hall–Kier alpha value is -2.79. The second kappa shape index (κ2) is 10.0. The average molecular weight is 439 g/mol. The molecule has 5 nitrogen and oxygen atoms in total. The quantitative estimate of drug-likeness (QED) is 0.386. The van der Waals surface area contributed by atoms with E-state index in [0.29, 0.717) is 29.3 Å². The first-order chi connectivity index (χ1) is 15.1. The van der Waals surface area contributed by atoms with Crippen molar-refractivity contribution >= 4 is 29.3 Å². The van der Waals surface area contributed by atoms with E-state index in [1.165, 1.54) is 31.2 Å². The molecule has 2 aromatic carbocycles. The van der Waals surface area contributed by atoms with Crippen LogP contribution < -0.4 is 5.32 Å². The number of aliphatic carboxylic acids is 1. The van der Waals surface area contributed by atoms with E-state index in [2.05, 4.69) is 34.6 Å². The van der Waals surface area contributed by atoms with E-state index >= 15 is 0 Å². The molecule has 1 aliphatic carbocycles. The predicted octanol–water partition coefficient (Wildman–Crippen LogP) is 7.27. The van der Waals surface area contributed by atoms with Gasteiger partial charge in [-0.2, -0.15) is 0 Å². The summed E-state index contributed by atoms with van der Waals surface area (Å²) in [5.41, 5.74) is 3.19. The third-order valence-electron chi connectivity index (χ3n) is 6.10.